The number of hydrogen-bond donors (Lipinski definition) is 1. The van der Waals surface area contributed by atoms with E-state index in [2.05, 4.69) is 0 Å². The largest absolute Gasteiger partial charge is 0.506 e. The maximum absolute atomic E-state index is 13.7. The Kier molecular flexibility index (Phi) is 5.40. The molecule has 0 aromatic heterocycles. The van der Waals surface area contributed by atoms with Crippen molar-refractivity contribution in [3.63, 3.8) is 0 Å². The molecule has 0 saturated carbocycles. The van der Waals surface area contributed by atoms with E-state index in [1.165, 1.54) is 24.3 Å². The van der Waals surface area contributed by atoms with Crippen LogP contribution in [-0.2, 0) is 14.4 Å². The Morgan fingerprint density at radius 3 is 2.39 bits per heavy atom. The number of hydroxylamine groups is 1. The lowest BCUT2D eigenvalue weighted by Crippen LogP contribution is -2.37. The third-order valence-electron chi connectivity index (χ3n) is 5.83. The van der Waals surface area contributed by atoms with Crippen molar-refractivity contribution < 1.29 is 24.3 Å². The fourth-order valence-electron chi connectivity index (χ4n) is 4.39. The second-order valence-electron chi connectivity index (χ2n) is 7.67. The van der Waals surface area contributed by atoms with Crippen molar-refractivity contribution in [3.05, 3.63) is 82.3 Å². The van der Waals surface area contributed by atoms with Crippen LogP contribution >= 0.6 is 23.2 Å². The molecule has 0 bridgehead atoms. The smallest absolute Gasteiger partial charge is 0.266 e. The number of amides is 2. The molecule has 9 heteroatoms. The number of carbonyl (C=O) groups excluding carboxylic acids is 2. The Balaban J connectivity index is 1.65. The predicted molar refractivity (Wildman–Crippen MR) is 124 cm³/mol. The van der Waals surface area contributed by atoms with E-state index in [0.717, 1.165) is 4.90 Å². The van der Waals surface area contributed by atoms with Crippen LogP contribution in [0.4, 0.5) is 11.4 Å². The van der Waals surface area contributed by atoms with Crippen molar-refractivity contribution in [1.82, 2.24) is 0 Å². The average Bonchev–Trinajstić information content (AvgIpc) is 3.32. The van der Waals surface area contributed by atoms with Gasteiger partial charge in [0, 0.05) is 10.6 Å². The number of halogens is 2. The lowest BCUT2D eigenvalue weighted by Gasteiger charge is -2.29. The van der Waals surface area contributed by atoms with E-state index in [9.17, 15) is 14.7 Å². The van der Waals surface area contributed by atoms with E-state index < -0.39 is 29.9 Å². The number of anilines is 2. The van der Waals surface area contributed by atoms with Gasteiger partial charge in [-0.1, -0.05) is 53.5 Å². The normalized spacial score (nSPS) is 22.1. The Morgan fingerprint density at radius 1 is 0.970 bits per heavy atom. The first kappa shape index (κ1) is 21.6. The summed E-state index contributed by atoms with van der Waals surface area (Å²) >= 11 is 12.4. The van der Waals surface area contributed by atoms with Crippen molar-refractivity contribution >= 4 is 46.4 Å². The molecule has 3 aromatic carbocycles. The topological polar surface area (TPSA) is 79.3 Å². The minimum absolute atomic E-state index is 0.0346. The summed E-state index contributed by atoms with van der Waals surface area (Å²) in [6.45, 7) is 0. The van der Waals surface area contributed by atoms with Crippen LogP contribution in [-0.4, -0.2) is 30.1 Å². The predicted octanol–water partition coefficient (Wildman–Crippen LogP) is 4.76. The van der Waals surface area contributed by atoms with E-state index >= 15 is 0 Å². The summed E-state index contributed by atoms with van der Waals surface area (Å²) in [4.78, 5) is 34.3. The molecule has 2 fully saturated rings. The van der Waals surface area contributed by atoms with Gasteiger partial charge in [-0.05, 0) is 36.4 Å². The third kappa shape index (κ3) is 3.40. The van der Waals surface area contributed by atoms with Gasteiger partial charge in [-0.2, -0.15) is 0 Å². The molecule has 168 valence electrons. The first-order valence-corrected chi connectivity index (χ1v) is 10.9. The standard InChI is InChI=1S/C24H18Cl2N2O5/c1-32-18-10-6-5-9-17(18)27-23(30)19-20(15-11-13(25)12-16(26)21(15)29)28(33-22(19)24(27)31)14-7-3-2-4-8-14/h2-12,19-20,22,29H,1H3/t19-,20-,22-/m1/s1. The van der Waals surface area contributed by atoms with Crippen LogP contribution in [0.1, 0.15) is 11.6 Å². The van der Waals surface area contributed by atoms with E-state index in [0.29, 0.717) is 17.1 Å². The molecule has 0 spiro atoms. The van der Waals surface area contributed by atoms with Gasteiger partial charge in [0.2, 0.25) is 5.91 Å². The Bertz CT molecular complexity index is 1250. The summed E-state index contributed by atoms with van der Waals surface area (Å²) in [5, 5.41) is 12.6. The molecule has 2 saturated heterocycles. The van der Waals surface area contributed by atoms with Gasteiger partial charge >= 0.3 is 0 Å². The number of nitrogens with zero attached hydrogens (tertiary/aromatic N) is 2. The van der Waals surface area contributed by atoms with Crippen LogP contribution in [0.3, 0.4) is 0 Å². The number of phenols is 1. The number of para-hydroxylation sites is 3. The number of carbonyl (C=O) groups is 2. The van der Waals surface area contributed by atoms with E-state index in [-0.39, 0.29) is 21.4 Å². The monoisotopic (exact) mass is 484 g/mol. The fourth-order valence-corrected chi connectivity index (χ4v) is 4.90. The fraction of sp³-hybridized carbons (Fsp3) is 0.167. The summed E-state index contributed by atoms with van der Waals surface area (Å²) in [5.41, 5.74) is 1.22. The minimum atomic E-state index is -1.11. The van der Waals surface area contributed by atoms with Gasteiger partial charge in [-0.25, -0.2) is 9.96 Å². The Hall–Kier alpha value is -3.26. The number of methoxy groups -OCH3 is 1. The molecule has 7 nitrogen and oxygen atoms in total. The molecule has 0 unspecified atom stereocenters. The van der Waals surface area contributed by atoms with Gasteiger partial charge < -0.3 is 9.84 Å². The van der Waals surface area contributed by atoms with E-state index in [1.807, 2.05) is 6.07 Å². The van der Waals surface area contributed by atoms with Gasteiger partial charge in [0.25, 0.3) is 5.91 Å². The van der Waals surface area contributed by atoms with Gasteiger partial charge in [-0.3, -0.25) is 14.4 Å². The lowest BCUT2D eigenvalue weighted by molar-refractivity contribution is -0.126. The molecule has 2 aliphatic heterocycles. The van der Waals surface area contributed by atoms with Crippen LogP contribution in [0, 0.1) is 5.92 Å². The first-order valence-electron chi connectivity index (χ1n) is 10.1. The van der Waals surface area contributed by atoms with Crippen LogP contribution in [0.25, 0.3) is 0 Å². The zero-order valence-corrected chi connectivity index (χ0v) is 18.8. The molecule has 1 N–H and O–H groups in total. The van der Waals surface area contributed by atoms with Crippen molar-refractivity contribution in [1.29, 1.82) is 0 Å². The zero-order valence-electron chi connectivity index (χ0n) is 17.3. The number of benzene rings is 3. The second-order valence-corrected chi connectivity index (χ2v) is 8.51. The number of fused-ring (bicyclic) bond motifs is 1. The third-order valence-corrected chi connectivity index (χ3v) is 6.33. The molecule has 2 heterocycles. The van der Waals surface area contributed by atoms with E-state index in [4.69, 9.17) is 32.8 Å². The van der Waals surface area contributed by atoms with Crippen LogP contribution in [0.5, 0.6) is 11.5 Å². The van der Waals surface area contributed by atoms with Crippen molar-refractivity contribution in [2.75, 3.05) is 17.1 Å². The van der Waals surface area contributed by atoms with Gasteiger partial charge in [0.15, 0.2) is 6.10 Å². The molecule has 3 aromatic rings. The molecule has 3 atom stereocenters. The number of ether oxygens (including phenoxy) is 1. The van der Waals surface area contributed by atoms with Crippen molar-refractivity contribution in [2.45, 2.75) is 12.1 Å². The second kappa shape index (κ2) is 8.26. The molecule has 0 radical (unpaired) electrons. The van der Waals surface area contributed by atoms with Gasteiger partial charge in [0.05, 0.1) is 29.5 Å². The maximum atomic E-state index is 13.7. The van der Waals surface area contributed by atoms with Crippen molar-refractivity contribution in [2.24, 2.45) is 5.92 Å². The Labute approximate surface area is 199 Å². The van der Waals surface area contributed by atoms with Gasteiger partial charge in [0.1, 0.15) is 17.4 Å². The van der Waals surface area contributed by atoms with Crippen molar-refractivity contribution in [3.8, 4) is 11.5 Å². The van der Waals surface area contributed by atoms with Gasteiger partial charge in [-0.15, -0.1) is 0 Å². The SMILES string of the molecule is COc1ccccc1N1C(=O)[C@@H]2[C@@H](c3cc(Cl)cc(Cl)c3O)N(c3ccccc3)O[C@H]2C1=O. The summed E-state index contributed by atoms with van der Waals surface area (Å²) in [7, 11) is 1.47. The summed E-state index contributed by atoms with van der Waals surface area (Å²) < 4.78 is 5.36. The highest BCUT2D eigenvalue weighted by Crippen LogP contribution is 2.51. The highest BCUT2D eigenvalue weighted by Gasteiger charge is 2.61. The quantitative estimate of drug-likeness (QED) is 0.537. The number of rotatable bonds is 4. The molecule has 5 rings (SSSR count). The molecular weight excluding hydrogens is 467 g/mol. The molecule has 2 amide bonds. The first-order chi connectivity index (χ1) is 15.9. The zero-order chi connectivity index (χ0) is 23.3. The number of phenolic OH excluding ortho intramolecular Hbond substituents is 1. The highest BCUT2D eigenvalue weighted by atomic mass is 35.5. The number of hydrogen-bond acceptors (Lipinski definition) is 6. The molecule has 2 aliphatic rings. The number of imide groups is 1. The molecular formula is C24H18Cl2N2O5. The Morgan fingerprint density at radius 2 is 1.67 bits per heavy atom. The average molecular weight is 485 g/mol. The maximum Gasteiger partial charge on any atom is 0.266 e. The lowest BCUT2D eigenvalue weighted by atomic mass is 9.90. The summed E-state index contributed by atoms with van der Waals surface area (Å²) in [5.74, 6) is -1.81. The molecule has 0 aliphatic carbocycles. The number of aromatic hydroxyl groups is 1. The van der Waals surface area contributed by atoms with Crippen LogP contribution < -0.4 is 14.7 Å². The molecule has 33 heavy (non-hydrogen) atoms. The van der Waals surface area contributed by atoms with Crippen LogP contribution in [0.2, 0.25) is 10.0 Å². The van der Waals surface area contributed by atoms with E-state index in [1.54, 1.807) is 48.5 Å². The highest BCUT2D eigenvalue weighted by molar-refractivity contribution is 6.35. The summed E-state index contributed by atoms with van der Waals surface area (Å²) in [6.07, 6.45) is -1.11. The minimum Gasteiger partial charge on any atom is -0.506 e. The van der Waals surface area contributed by atoms with Crippen LogP contribution in [0.15, 0.2) is 66.7 Å². The summed E-state index contributed by atoms with van der Waals surface area (Å²) in [6, 6.07) is 17.8.